The van der Waals surface area contributed by atoms with Crippen molar-refractivity contribution >= 4 is 16.5 Å². The maximum Gasteiger partial charge on any atom is 0.148 e. The van der Waals surface area contributed by atoms with Crippen LogP contribution < -0.4 is 10.1 Å². The average Bonchev–Trinajstić information content (AvgIpc) is 3.31. The molecule has 0 amide bonds. The highest BCUT2D eigenvalue weighted by Gasteiger charge is 2.23. The summed E-state index contributed by atoms with van der Waals surface area (Å²) in [5.41, 5.74) is 0.568. The summed E-state index contributed by atoms with van der Waals surface area (Å²) < 4.78 is 5.74. The normalized spacial score (nSPS) is 20.4. The minimum absolute atomic E-state index is 0.0601. The zero-order valence-electron chi connectivity index (χ0n) is 18.1. The van der Waals surface area contributed by atoms with Crippen LogP contribution in [0, 0.1) is 11.8 Å². The van der Waals surface area contributed by atoms with E-state index in [4.69, 9.17) is 4.74 Å². The zero-order valence-corrected chi connectivity index (χ0v) is 18.1. The van der Waals surface area contributed by atoms with E-state index >= 15 is 0 Å². The van der Waals surface area contributed by atoms with Crippen LogP contribution in [-0.2, 0) is 4.74 Å². The predicted octanol–water partition coefficient (Wildman–Crippen LogP) is 2.60. The summed E-state index contributed by atoms with van der Waals surface area (Å²) >= 11 is 0. The van der Waals surface area contributed by atoms with Crippen molar-refractivity contribution in [1.29, 1.82) is 0 Å². The summed E-state index contributed by atoms with van der Waals surface area (Å²) in [5.74, 6) is -0.241. The van der Waals surface area contributed by atoms with Crippen molar-refractivity contribution in [1.82, 2.24) is 9.80 Å². The molecular weight excluding hydrogens is 396 g/mol. The number of nitroso groups, excluding NO2 is 1. The number of fused-ring (bicyclic) bond motifs is 1. The van der Waals surface area contributed by atoms with Crippen LogP contribution in [0.4, 0.5) is 5.69 Å². The number of piperazine rings is 1. The number of rotatable bonds is 8. The molecule has 2 saturated heterocycles. The third-order valence-corrected chi connectivity index (χ3v) is 6.50. The fourth-order valence-corrected chi connectivity index (χ4v) is 4.73. The van der Waals surface area contributed by atoms with Gasteiger partial charge in [-0.3, -0.25) is 4.90 Å². The van der Waals surface area contributed by atoms with E-state index in [1.165, 1.54) is 17.9 Å². The minimum Gasteiger partial charge on any atom is -0.872 e. The molecule has 0 aromatic heterocycles. The highest BCUT2D eigenvalue weighted by Crippen LogP contribution is 2.43. The average molecular weight is 428 g/mol. The second kappa shape index (κ2) is 9.80. The van der Waals surface area contributed by atoms with Crippen LogP contribution >= 0.6 is 0 Å². The molecular formula is C23H31N4O4-. The molecule has 0 radical (unpaired) electrons. The van der Waals surface area contributed by atoms with E-state index in [2.05, 4.69) is 15.1 Å². The van der Waals surface area contributed by atoms with Gasteiger partial charge in [0.15, 0.2) is 0 Å². The quantitative estimate of drug-likeness (QED) is 0.511. The SMILES string of the molecule is Cc1c(N(CCCN2CCN(CC3CCCO3)CC2)N=O)c(O)c2ccccc2c1[O-]. The molecule has 8 heteroatoms. The Morgan fingerprint density at radius 2 is 1.90 bits per heavy atom. The van der Waals surface area contributed by atoms with Gasteiger partial charge in [-0.05, 0) is 37.1 Å². The van der Waals surface area contributed by atoms with Gasteiger partial charge in [0.2, 0.25) is 0 Å². The summed E-state index contributed by atoms with van der Waals surface area (Å²) in [6.45, 7) is 8.79. The molecule has 0 bridgehead atoms. The number of ether oxygens (including phenoxy) is 1. The van der Waals surface area contributed by atoms with Crippen molar-refractivity contribution in [3.05, 3.63) is 34.7 Å². The Kier molecular flexibility index (Phi) is 6.89. The van der Waals surface area contributed by atoms with Crippen LogP contribution in [0.1, 0.15) is 24.8 Å². The van der Waals surface area contributed by atoms with Gasteiger partial charge in [0, 0.05) is 57.8 Å². The molecule has 8 nitrogen and oxygen atoms in total. The first kappa shape index (κ1) is 21.8. The maximum atomic E-state index is 12.7. The fourth-order valence-electron chi connectivity index (χ4n) is 4.73. The third-order valence-electron chi connectivity index (χ3n) is 6.50. The molecule has 0 aliphatic carbocycles. The summed E-state index contributed by atoms with van der Waals surface area (Å²) in [6.07, 6.45) is 3.45. The summed E-state index contributed by atoms with van der Waals surface area (Å²) in [7, 11) is 0. The molecule has 1 unspecified atom stereocenters. The standard InChI is InChI=1S/C23H32N4O4/c1-17-21(23(29)20-8-3-2-7-19(20)22(17)28)27(24-30)10-5-9-25-11-13-26(14-12-25)16-18-6-4-15-31-18/h2-3,7-8,18,28-29H,4-6,9-16H2,1H3/p-1. The predicted molar refractivity (Wildman–Crippen MR) is 119 cm³/mol. The van der Waals surface area contributed by atoms with Crippen molar-refractivity contribution in [3.63, 3.8) is 0 Å². The van der Waals surface area contributed by atoms with E-state index in [1.54, 1.807) is 31.2 Å². The first-order chi connectivity index (χ1) is 15.1. The number of anilines is 1. The summed E-state index contributed by atoms with van der Waals surface area (Å²) in [6, 6.07) is 6.90. The van der Waals surface area contributed by atoms with Gasteiger partial charge in [0.25, 0.3) is 0 Å². The molecule has 2 aliphatic heterocycles. The van der Waals surface area contributed by atoms with Crippen molar-refractivity contribution in [2.24, 2.45) is 5.29 Å². The number of phenolic OH excluding ortho intramolecular Hbond substituents is 1. The molecule has 2 aliphatic rings. The molecule has 168 valence electrons. The van der Waals surface area contributed by atoms with Crippen LogP contribution in [0.25, 0.3) is 10.8 Å². The number of hydrogen-bond acceptors (Lipinski definition) is 7. The maximum absolute atomic E-state index is 12.7. The van der Waals surface area contributed by atoms with E-state index in [0.29, 0.717) is 29.0 Å². The van der Waals surface area contributed by atoms with Gasteiger partial charge in [-0.25, -0.2) is 5.01 Å². The van der Waals surface area contributed by atoms with Crippen molar-refractivity contribution in [3.8, 4) is 11.5 Å². The number of benzene rings is 2. The number of hydrogen-bond donors (Lipinski definition) is 1. The lowest BCUT2D eigenvalue weighted by atomic mass is 10.0. The van der Waals surface area contributed by atoms with Gasteiger partial charge in [-0.2, -0.15) is 0 Å². The molecule has 1 N–H and O–H groups in total. The Morgan fingerprint density at radius 3 is 2.58 bits per heavy atom. The largest absolute Gasteiger partial charge is 0.872 e. The van der Waals surface area contributed by atoms with Crippen molar-refractivity contribution < 1.29 is 14.9 Å². The molecule has 1 atom stereocenters. The van der Waals surface area contributed by atoms with Crippen LogP contribution in [0.2, 0.25) is 0 Å². The van der Waals surface area contributed by atoms with Gasteiger partial charge in [-0.1, -0.05) is 30.0 Å². The Morgan fingerprint density at radius 1 is 1.19 bits per heavy atom. The van der Waals surface area contributed by atoms with Gasteiger partial charge in [0.1, 0.15) is 11.4 Å². The van der Waals surface area contributed by atoms with E-state index in [1.807, 2.05) is 0 Å². The molecule has 0 spiro atoms. The highest BCUT2D eigenvalue weighted by molar-refractivity contribution is 5.99. The lowest BCUT2D eigenvalue weighted by molar-refractivity contribution is -0.266. The molecule has 2 heterocycles. The first-order valence-corrected chi connectivity index (χ1v) is 11.2. The Balaban J connectivity index is 1.33. The Bertz CT molecular complexity index is 908. The topological polar surface area (TPSA) is 91.7 Å². The van der Waals surface area contributed by atoms with Gasteiger partial charge >= 0.3 is 0 Å². The third kappa shape index (κ3) is 4.76. The number of nitrogens with zero attached hydrogens (tertiary/aromatic N) is 4. The van der Waals surface area contributed by atoms with Crippen LogP contribution in [0.5, 0.6) is 11.5 Å². The van der Waals surface area contributed by atoms with Crippen molar-refractivity contribution in [2.75, 3.05) is 57.4 Å². The van der Waals surface area contributed by atoms with Crippen LogP contribution in [0.15, 0.2) is 29.6 Å². The van der Waals surface area contributed by atoms with Crippen molar-refractivity contribution in [2.45, 2.75) is 32.3 Å². The Hall–Kier alpha value is -2.42. The second-order valence-corrected chi connectivity index (χ2v) is 8.53. The van der Waals surface area contributed by atoms with Gasteiger partial charge < -0.3 is 19.8 Å². The molecule has 31 heavy (non-hydrogen) atoms. The lowest BCUT2D eigenvalue weighted by Crippen LogP contribution is -2.48. The van der Waals surface area contributed by atoms with E-state index < -0.39 is 0 Å². The van der Waals surface area contributed by atoms with E-state index in [0.717, 1.165) is 52.3 Å². The number of aromatic hydroxyl groups is 1. The van der Waals surface area contributed by atoms with Gasteiger partial charge in [0.05, 0.1) is 11.4 Å². The smallest absolute Gasteiger partial charge is 0.148 e. The molecule has 0 saturated carbocycles. The zero-order chi connectivity index (χ0) is 21.8. The van der Waals surface area contributed by atoms with E-state index in [9.17, 15) is 15.1 Å². The summed E-state index contributed by atoms with van der Waals surface area (Å²) in [4.78, 5) is 16.4. The minimum atomic E-state index is -0.181. The molecule has 2 aromatic rings. The molecule has 2 fully saturated rings. The Labute approximate surface area is 182 Å². The lowest BCUT2D eigenvalue weighted by Gasteiger charge is -2.36. The molecule has 4 rings (SSSR count). The van der Waals surface area contributed by atoms with Crippen LogP contribution in [0.3, 0.4) is 0 Å². The second-order valence-electron chi connectivity index (χ2n) is 8.53. The van der Waals surface area contributed by atoms with Gasteiger partial charge in [-0.15, -0.1) is 4.91 Å². The summed E-state index contributed by atoms with van der Waals surface area (Å²) in [5, 5.41) is 28.7. The first-order valence-electron chi connectivity index (χ1n) is 11.2. The monoisotopic (exact) mass is 427 g/mol. The molecule has 2 aromatic carbocycles. The highest BCUT2D eigenvalue weighted by atomic mass is 16.5. The number of phenols is 1. The van der Waals surface area contributed by atoms with E-state index in [-0.39, 0.29) is 17.2 Å². The van der Waals surface area contributed by atoms with Crippen LogP contribution in [-0.4, -0.2) is 73.4 Å². The fraction of sp³-hybridized carbons (Fsp3) is 0.565.